The number of aryl methyl sites for hydroxylation is 1. The van der Waals surface area contributed by atoms with Crippen LogP contribution in [0, 0.1) is 6.92 Å². The predicted octanol–water partition coefficient (Wildman–Crippen LogP) is 0.886. The van der Waals surface area contributed by atoms with E-state index in [4.69, 9.17) is 45.2 Å². The van der Waals surface area contributed by atoms with Crippen LogP contribution in [0.15, 0.2) is 45.2 Å². The maximum absolute atomic E-state index is 13.0. The number of anilines is 1. The van der Waals surface area contributed by atoms with Crippen molar-refractivity contribution in [3.63, 3.8) is 0 Å². The Balaban J connectivity index is 2.41. The quantitative estimate of drug-likeness (QED) is 0.174. The van der Waals surface area contributed by atoms with Gasteiger partial charge in [-0.3, -0.25) is 18.9 Å². The minimum absolute atomic E-state index is 0.0486. The number of nitrogens with two attached hydrogens (primary N) is 3. The van der Waals surface area contributed by atoms with E-state index in [-0.39, 0.29) is 39.6 Å². The SMILES string of the molecule is Cc1ccc(NS(=O)(=O)c2cc(Cl)cc(Cl)c2)c(=O)n1C(CCON=C(N)N)C(N)=O. The number of hydrogen-bond donors (Lipinski definition) is 4. The molecule has 0 fully saturated rings. The fourth-order valence-corrected chi connectivity index (χ4v) is 4.46. The molecular weight excluding hydrogens is 471 g/mol. The van der Waals surface area contributed by atoms with E-state index in [0.717, 1.165) is 4.57 Å². The molecule has 11 nitrogen and oxygen atoms in total. The van der Waals surface area contributed by atoms with E-state index in [1.54, 1.807) is 6.92 Å². The summed E-state index contributed by atoms with van der Waals surface area (Å²) in [6, 6.07) is 5.30. The maximum Gasteiger partial charge on any atom is 0.275 e. The van der Waals surface area contributed by atoms with Crippen molar-refractivity contribution in [3.8, 4) is 0 Å². The fraction of sp³-hybridized carbons (Fsp3) is 0.235. The van der Waals surface area contributed by atoms with Crippen LogP contribution in [0.5, 0.6) is 0 Å². The molecule has 1 atom stereocenters. The fourth-order valence-electron chi connectivity index (χ4n) is 2.68. The molecule has 0 bridgehead atoms. The Labute approximate surface area is 187 Å². The number of amides is 1. The molecule has 1 heterocycles. The first kappa shape index (κ1) is 24.3. The summed E-state index contributed by atoms with van der Waals surface area (Å²) in [4.78, 5) is 29.6. The van der Waals surface area contributed by atoms with Gasteiger partial charge in [0.05, 0.1) is 4.90 Å². The van der Waals surface area contributed by atoms with Crippen molar-refractivity contribution in [2.24, 2.45) is 22.4 Å². The molecule has 0 spiro atoms. The van der Waals surface area contributed by atoms with E-state index in [0.29, 0.717) is 5.69 Å². The number of aromatic nitrogens is 1. The van der Waals surface area contributed by atoms with Gasteiger partial charge in [0.2, 0.25) is 11.9 Å². The maximum atomic E-state index is 13.0. The highest BCUT2D eigenvalue weighted by molar-refractivity contribution is 7.92. The summed E-state index contributed by atoms with van der Waals surface area (Å²) in [7, 11) is -4.21. The van der Waals surface area contributed by atoms with Crippen LogP contribution in [-0.2, 0) is 19.7 Å². The third kappa shape index (κ3) is 6.26. The van der Waals surface area contributed by atoms with Crippen molar-refractivity contribution in [2.45, 2.75) is 24.3 Å². The molecule has 2 aromatic rings. The number of sulfonamides is 1. The highest BCUT2D eigenvalue weighted by Crippen LogP contribution is 2.24. The molecule has 14 heteroatoms. The van der Waals surface area contributed by atoms with Crippen LogP contribution in [0.1, 0.15) is 18.2 Å². The average Bonchev–Trinajstić information content (AvgIpc) is 2.64. The van der Waals surface area contributed by atoms with Gasteiger partial charge < -0.3 is 22.0 Å². The molecule has 1 amide bonds. The number of guanidine groups is 1. The van der Waals surface area contributed by atoms with Crippen LogP contribution in [-0.4, -0.2) is 31.5 Å². The van der Waals surface area contributed by atoms with Crippen LogP contribution in [0.4, 0.5) is 5.69 Å². The van der Waals surface area contributed by atoms with Crippen molar-refractivity contribution in [1.29, 1.82) is 0 Å². The summed E-state index contributed by atoms with van der Waals surface area (Å²) in [5.41, 5.74) is 15.0. The highest BCUT2D eigenvalue weighted by atomic mass is 35.5. The number of hydrogen-bond acceptors (Lipinski definition) is 6. The van der Waals surface area contributed by atoms with E-state index in [1.165, 1.54) is 30.3 Å². The number of nitrogens with one attached hydrogen (secondary N) is 1. The molecule has 0 saturated carbocycles. The second kappa shape index (κ2) is 9.90. The van der Waals surface area contributed by atoms with E-state index in [9.17, 15) is 18.0 Å². The zero-order chi connectivity index (χ0) is 23.3. The van der Waals surface area contributed by atoms with Gasteiger partial charge in [-0.15, -0.1) is 0 Å². The van der Waals surface area contributed by atoms with Crippen LogP contribution >= 0.6 is 23.2 Å². The molecule has 0 aliphatic rings. The van der Waals surface area contributed by atoms with E-state index in [2.05, 4.69) is 9.88 Å². The van der Waals surface area contributed by atoms with Gasteiger partial charge in [0.1, 0.15) is 18.3 Å². The number of oxime groups is 1. The monoisotopic (exact) mass is 490 g/mol. The zero-order valence-corrected chi connectivity index (χ0v) is 18.5. The Morgan fingerprint density at radius 2 is 1.81 bits per heavy atom. The third-order valence-corrected chi connectivity index (χ3v) is 5.79. The van der Waals surface area contributed by atoms with Gasteiger partial charge in [-0.2, -0.15) is 0 Å². The summed E-state index contributed by atoms with van der Waals surface area (Å²) < 4.78 is 28.7. The first-order valence-electron chi connectivity index (χ1n) is 8.63. The molecule has 0 aliphatic carbocycles. The number of primary amides is 1. The third-order valence-electron chi connectivity index (χ3n) is 4.00. The Morgan fingerprint density at radius 1 is 1.19 bits per heavy atom. The first-order chi connectivity index (χ1) is 14.4. The second-order valence-electron chi connectivity index (χ2n) is 6.33. The summed E-state index contributed by atoms with van der Waals surface area (Å²) in [5.74, 6) is -1.15. The molecule has 0 radical (unpaired) electrons. The molecule has 1 aromatic carbocycles. The van der Waals surface area contributed by atoms with Crippen molar-refractivity contribution in [1.82, 2.24) is 4.57 Å². The smallest absolute Gasteiger partial charge is 0.275 e. The van der Waals surface area contributed by atoms with Crippen LogP contribution in [0.2, 0.25) is 10.0 Å². The summed E-state index contributed by atoms with van der Waals surface area (Å²) in [6.45, 7) is 1.43. The Morgan fingerprint density at radius 3 is 2.35 bits per heavy atom. The lowest BCUT2D eigenvalue weighted by atomic mass is 10.1. The average molecular weight is 491 g/mol. The predicted molar refractivity (Wildman–Crippen MR) is 117 cm³/mol. The topological polar surface area (TPSA) is 185 Å². The number of halogens is 2. The van der Waals surface area contributed by atoms with Crippen LogP contribution in [0.3, 0.4) is 0 Å². The molecule has 1 unspecified atom stereocenters. The lowest BCUT2D eigenvalue weighted by Crippen LogP contribution is -2.37. The molecule has 168 valence electrons. The number of rotatable bonds is 9. The molecule has 31 heavy (non-hydrogen) atoms. The van der Waals surface area contributed by atoms with E-state index >= 15 is 0 Å². The first-order valence-corrected chi connectivity index (χ1v) is 10.9. The lowest BCUT2D eigenvalue weighted by Gasteiger charge is -2.20. The summed E-state index contributed by atoms with van der Waals surface area (Å²) in [5, 5.41) is 3.53. The zero-order valence-electron chi connectivity index (χ0n) is 16.2. The van der Waals surface area contributed by atoms with Crippen molar-refractivity contribution in [2.75, 3.05) is 11.3 Å². The van der Waals surface area contributed by atoms with Crippen LogP contribution < -0.4 is 27.5 Å². The molecular formula is C17H20Cl2N6O5S. The van der Waals surface area contributed by atoms with Gasteiger partial charge >= 0.3 is 0 Å². The number of carbonyl (C=O) groups excluding carboxylic acids is 1. The van der Waals surface area contributed by atoms with Gasteiger partial charge in [0.15, 0.2) is 0 Å². The summed E-state index contributed by atoms with van der Waals surface area (Å²) in [6.07, 6.45) is -0.0486. The summed E-state index contributed by atoms with van der Waals surface area (Å²) >= 11 is 11.7. The standard InChI is InChI=1S/C17H20Cl2N6O5S/c1-9-2-3-13(24-31(28,29)12-7-10(18)6-11(19)8-12)16(27)25(9)14(15(20)26)4-5-30-23-17(21)22/h2-3,6-8,14,24H,4-5H2,1H3,(H2,20,26)(H4,21,22,23). The van der Waals surface area contributed by atoms with Gasteiger partial charge in [-0.1, -0.05) is 23.2 Å². The number of pyridine rings is 1. The molecule has 7 N–H and O–H groups in total. The minimum atomic E-state index is -4.21. The highest BCUT2D eigenvalue weighted by Gasteiger charge is 2.24. The van der Waals surface area contributed by atoms with Crippen molar-refractivity contribution >= 4 is 50.8 Å². The molecule has 0 aliphatic heterocycles. The molecule has 2 rings (SSSR count). The largest absolute Gasteiger partial charge is 0.393 e. The Kier molecular flexibility index (Phi) is 7.76. The molecule has 0 saturated heterocycles. The number of carbonyl (C=O) groups is 1. The lowest BCUT2D eigenvalue weighted by molar-refractivity contribution is -0.121. The van der Waals surface area contributed by atoms with Gasteiger partial charge in [-0.05, 0) is 42.4 Å². The van der Waals surface area contributed by atoms with Crippen LogP contribution in [0.25, 0.3) is 0 Å². The van der Waals surface area contributed by atoms with E-state index < -0.39 is 27.5 Å². The molecule has 1 aromatic heterocycles. The van der Waals surface area contributed by atoms with Gasteiger partial charge in [0.25, 0.3) is 15.6 Å². The Hall–Kier alpha value is -2.96. The minimum Gasteiger partial charge on any atom is -0.393 e. The second-order valence-corrected chi connectivity index (χ2v) is 8.89. The van der Waals surface area contributed by atoms with E-state index in [1.807, 2.05) is 0 Å². The van der Waals surface area contributed by atoms with Crippen molar-refractivity contribution < 1.29 is 18.0 Å². The van der Waals surface area contributed by atoms with Crippen molar-refractivity contribution in [3.05, 3.63) is 56.4 Å². The number of benzene rings is 1. The van der Waals surface area contributed by atoms with Gasteiger partial charge in [0, 0.05) is 22.2 Å². The number of nitrogens with zero attached hydrogens (tertiary/aromatic N) is 2. The normalized spacial score (nSPS) is 12.1. The Bertz CT molecular complexity index is 1160. The van der Waals surface area contributed by atoms with Gasteiger partial charge in [-0.25, -0.2) is 8.42 Å².